The Kier molecular flexibility index (Phi) is 17.9. The van der Waals surface area contributed by atoms with E-state index in [1.807, 2.05) is 0 Å². The molecule has 0 unspecified atom stereocenters. The van der Waals surface area contributed by atoms with E-state index in [1.54, 1.807) is 0 Å². The van der Waals surface area contributed by atoms with Gasteiger partial charge in [-0.2, -0.15) is 0 Å². The summed E-state index contributed by atoms with van der Waals surface area (Å²) in [5, 5.41) is 9.90. The van der Waals surface area contributed by atoms with Crippen molar-refractivity contribution in [3.05, 3.63) is 56.0 Å². The number of pyridine rings is 2. The first-order valence-electron chi connectivity index (χ1n) is 5.69. The third-order valence-corrected chi connectivity index (χ3v) is 3.37. The van der Waals surface area contributed by atoms with Crippen molar-refractivity contribution in [2.75, 3.05) is 7.11 Å². The third kappa shape index (κ3) is 10.0. The van der Waals surface area contributed by atoms with Gasteiger partial charge in [-0.25, -0.2) is 14.8 Å². The molecule has 2 rings (SSSR count). The maximum absolute atomic E-state index is 11.0. The largest absolute Gasteiger partial charge is 1.00 e. The summed E-state index contributed by atoms with van der Waals surface area (Å²) in [7, 11) is 1.27. The molecule has 131 valence electrons. The number of aliphatic hydroxyl groups is 1. The summed E-state index contributed by atoms with van der Waals surface area (Å²) in [4.78, 5) is 18.4. The molecule has 0 bridgehead atoms. The second-order valence-electron chi connectivity index (χ2n) is 3.74. The van der Waals surface area contributed by atoms with E-state index in [-0.39, 0.29) is 69.2 Å². The molecular weight excluding hydrogens is 420 g/mol. The first kappa shape index (κ1) is 29.7. The van der Waals surface area contributed by atoms with Gasteiger partial charge in [0.05, 0.1) is 29.3 Å². The Balaban J connectivity index is -0.000000163. The zero-order valence-corrected chi connectivity index (χ0v) is 17.8. The first-order chi connectivity index (χ1) is 10.4. The Labute approximate surface area is 192 Å². The third-order valence-electron chi connectivity index (χ3n) is 2.29. The van der Waals surface area contributed by atoms with Gasteiger partial charge in [-0.05, 0) is 12.1 Å². The normalized spacial score (nSPS) is 8.56. The van der Waals surface area contributed by atoms with Gasteiger partial charge in [-0.3, -0.25) is 0 Å². The molecule has 25 heavy (non-hydrogen) atoms. The fourth-order valence-corrected chi connectivity index (χ4v) is 2.09. The fraction of sp³-hybridized carbons (Fsp3) is 0.214. The standard InChI is InChI=1S/C7H5Cl2NO2.C6H5Cl2NO.CH4.B.Na.H/c1-12-7(11)4-3-10-6(9)2-5(4)8;7-5-1-6(8)9-2-4(5)3-10;;;;/h2-3H,1H3;1-2,10H,3H2;1H4;;;/q;;;;+1;-1. The molecule has 2 aromatic rings. The Morgan fingerprint density at radius 2 is 1.60 bits per heavy atom. The fourth-order valence-electron chi connectivity index (χ4n) is 1.22. The summed E-state index contributed by atoms with van der Waals surface area (Å²) in [6.07, 6.45) is 2.72. The van der Waals surface area contributed by atoms with Crippen LogP contribution < -0.4 is 29.6 Å². The van der Waals surface area contributed by atoms with Gasteiger partial charge in [0.25, 0.3) is 0 Å². The zero-order valence-electron chi connectivity index (χ0n) is 13.8. The van der Waals surface area contributed by atoms with Crippen LogP contribution in [0, 0.1) is 0 Å². The molecule has 0 aliphatic rings. The summed E-state index contributed by atoms with van der Waals surface area (Å²) >= 11 is 22.3. The quantitative estimate of drug-likeness (QED) is 0.440. The molecule has 0 amide bonds. The number of hydrogen-bond acceptors (Lipinski definition) is 5. The molecule has 11 heteroatoms. The van der Waals surface area contributed by atoms with Crippen LogP contribution in [0.15, 0.2) is 24.5 Å². The molecule has 3 radical (unpaired) electrons. The topological polar surface area (TPSA) is 72.3 Å². The summed E-state index contributed by atoms with van der Waals surface area (Å²) in [6, 6.07) is 2.88. The van der Waals surface area contributed by atoms with Crippen molar-refractivity contribution in [2.24, 2.45) is 0 Å². The van der Waals surface area contributed by atoms with E-state index in [0.29, 0.717) is 15.7 Å². The molecule has 0 saturated carbocycles. The van der Waals surface area contributed by atoms with E-state index >= 15 is 0 Å². The van der Waals surface area contributed by atoms with Crippen LogP contribution in [0.2, 0.25) is 20.4 Å². The van der Waals surface area contributed by atoms with Crippen LogP contribution in [0.25, 0.3) is 0 Å². The predicted octanol–water partition coefficient (Wildman–Crippen LogP) is 1.43. The van der Waals surface area contributed by atoms with Crippen molar-refractivity contribution in [2.45, 2.75) is 14.0 Å². The Bertz CT molecular complexity index is 687. The Hall–Kier alpha value is -0.0451. The van der Waals surface area contributed by atoms with Crippen molar-refractivity contribution < 1.29 is 45.6 Å². The van der Waals surface area contributed by atoms with Gasteiger partial charge in [-0.15, -0.1) is 0 Å². The van der Waals surface area contributed by atoms with Crippen LogP contribution in [0.3, 0.4) is 0 Å². The van der Waals surface area contributed by atoms with Crippen LogP contribution in [0.5, 0.6) is 0 Å². The maximum atomic E-state index is 11.0. The number of methoxy groups -OCH3 is 1. The second-order valence-corrected chi connectivity index (χ2v) is 5.32. The van der Waals surface area contributed by atoms with Gasteiger partial charge >= 0.3 is 35.5 Å². The summed E-state index contributed by atoms with van der Waals surface area (Å²) < 4.78 is 4.45. The average molecular weight is 435 g/mol. The van der Waals surface area contributed by atoms with Gasteiger partial charge in [0, 0.05) is 26.4 Å². The van der Waals surface area contributed by atoms with E-state index in [4.69, 9.17) is 51.5 Å². The molecule has 2 heterocycles. The van der Waals surface area contributed by atoms with Crippen molar-refractivity contribution in [1.82, 2.24) is 9.97 Å². The van der Waals surface area contributed by atoms with Crippen LogP contribution in [0.1, 0.15) is 24.8 Å². The summed E-state index contributed by atoms with van der Waals surface area (Å²) in [5.41, 5.74) is 0.801. The number of aliphatic hydroxyl groups excluding tert-OH is 1. The number of hydrogen-bond donors (Lipinski definition) is 1. The first-order valence-corrected chi connectivity index (χ1v) is 7.20. The summed E-state index contributed by atoms with van der Waals surface area (Å²) in [6.45, 7) is -0.108. The molecule has 0 fully saturated rings. The molecule has 0 atom stereocenters. The van der Waals surface area contributed by atoms with Crippen LogP contribution in [0.4, 0.5) is 0 Å². The predicted molar refractivity (Wildman–Crippen MR) is 99.4 cm³/mol. The van der Waals surface area contributed by atoms with Crippen molar-refractivity contribution >= 4 is 60.8 Å². The van der Waals surface area contributed by atoms with E-state index in [2.05, 4.69) is 14.7 Å². The van der Waals surface area contributed by atoms with Gasteiger partial charge in [0.15, 0.2) is 0 Å². The minimum atomic E-state index is -0.524. The molecule has 0 spiro atoms. The molecule has 0 aliphatic carbocycles. The van der Waals surface area contributed by atoms with E-state index < -0.39 is 5.97 Å². The van der Waals surface area contributed by atoms with Gasteiger partial charge in [0.1, 0.15) is 10.3 Å². The Morgan fingerprint density at radius 3 is 2.00 bits per heavy atom. The monoisotopic (exact) mass is 433 g/mol. The Morgan fingerprint density at radius 1 is 1.12 bits per heavy atom. The van der Waals surface area contributed by atoms with Crippen LogP contribution in [-0.4, -0.2) is 36.6 Å². The number of aromatic nitrogens is 2. The summed E-state index contributed by atoms with van der Waals surface area (Å²) in [5.74, 6) is -0.524. The number of halogens is 4. The zero-order chi connectivity index (χ0) is 16.7. The number of rotatable bonds is 2. The van der Waals surface area contributed by atoms with Gasteiger partial charge in [0.2, 0.25) is 0 Å². The SMILES string of the molecule is C.COC(=O)c1cnc(Cl)cc1Cl.OCc1cnc(Cl)cc1Cl.[B].[H-].[Na+]. The molecule has 0 aliphatic heterocycles. The van der Waals surface area contributed by atoms with E-state index in [0.717, 1.165) is 0 Å². The number of carbonyl (C=O) groups is 1. The number of ether oxygens (including phenoxy) is 1. The van der Waals surface area contributed by atoms with Crippen molar-refractivity contribution in [1.29, 1.82) is 0 Å². The molecule has 0 saturated heterocycles. The number of nitrogens with zero attached hydrogens (tertiary/aromatic N) is 2. The minimum absolute atomic E-state index is 0. The second kappa shape index (κ2) is 15.1. The van der Waals surface area contributed by atoms with Gasteiger partial charge < -0.3 is 11.3 Å². The van der Waals surface area contributed by atoms with Crippen LogP contribution >= 0.6 is 46.4 Å². The minimum Gasteiger partial charge on any atom is -1.00 e. The number of carbonyl (C=O) groups excluding carboxylic acids is 1. The van der Waals surface area contributed by atoms with E-state index in [1.165, 1.54) is 31.6 Å². The molecular formula is C14H15BCl4N2NaO3. The smallest absolute Gasteiger partial charge is 1.00 e. The van der Waals surface area contributed by atoms with E-state index in [9.17, 15) is 4.79 Å². The number of esters is 1. The van der Waals surface area contributed by atoms with Crippen molar-refractivity contribution in [3.8, 4) is 0 Å². The maximum Gasteiger partial charge on any atom is 1.00 e. The average Bonchev–Trinajstić information content (AvgIpc) is 2.47. The molecule has 2 aromatic heterocycles. The molecule has 1 N–H and O–H groups in total. The van der Waals surface area contributed by atoms with Crippen LogP contribution in [-0.2, 0) is 11.3 Å². The van der Waals surface area contributed by atoms with Gasteiger partial charge in [-0.1, -0.05) is 53.8 Å². The van der Waals surface area contributed by atoms with Crippen molar-refractivity contribution in [3.63, 3.8) is 0 Å². The molecule has 0 aromatic carbocycles. The molecule has 5 nitrogen and oxygen atoms in total.